The number of hydrogen-bond acceptors (Lipinski definition) is 4. The summed E-state index contributed by atoms with van der Waals surface area (Å²) < 4.78 is 2.12. The number of nitrogens with zero attached hydrogens (tertiary/aromatic N) is 4. The van der Waals surface area contributed by atoms with Gasteiger partial charge >= 0.3 is 0 Å². The highest BCUT2D eigenvalue weighted by Gasteiger charge is 2.05. The highest BCUT2D eigenvalue weighted by atomic mass is 16.4. The molecule has 6 nitrogen and oxygen atoms in total. The van der Waals surface area contributed by atoms with Crippen LogP contribution < -0.4 is 5.73 Å². The number of likely N-dealkylation sites (N-methyl/N-ethyl adjacent to an activating group) is 1. The average molecular weight is 239 g/mol. The second-order valence-electron chi connectivity index (χ2n) is 3.94. The first-order valence-corrected chi connectivity index (χ1v) is 5.83. The summed E-state index contributed by atoms with van der Waals surface area (Å²) in [6.45, 7) is 7.70. The van der Waals surface area contributed by atoms with Crippen LogP contribution in [0.25, 0.3) is 0 Å². The summed E-state index contributed by atoms with van der Waals surface area (Å²) in [5, 5.41) is 11.4. The number of oxime groups is 1. The third-order valence-electron chi connectivity index (χ3n) is 2.84. The van der Waals surface area contributed by atoms with Crippen LogP contribution in [0.2, 0.25) is 0 Å². The monoisotopic (exact) mass is 239 g/mol. The first-order valence-electron chi connectivity index (χ1n) is 5.83. The number of hydrogen-bond donors (Lipinski definition) is 2. The van der Waals surface area contributed by atoms with Crippen LogP contribution in [0.15, 0.2) is 17.5 Å². The van der Waals surface area contributed by atoms with Gasteiger partial charge in [0.15, 0.2) is 0 Å². The van der Waals surface area contributed by atoms with Crippen LogP contribution in [0.1, 0.15) is 19.2 Å². The molecule has 1 heterocycles. The summed E-state index contributed by atoms with van der Waals surface area (Å²) in [6, 6.07) is 0. The van der Waals surface area contributed by atoms with Crippen LogP contribution in [-0.2, 0) is 6.54 Å². The molecule has 0 spiro atoms. The fraction of sp³-hybridized carbons (Fsp3) is 0.636. The Morgan fingerprint density at radius 2 is 2.35 bits per heavy atom. The van der Waals surface area contributed by atoms with E-state index in [0.29, 0.717) is 6.42 Å². The molecule has 0 aliphatic heterocycles. The molecular weight excluding hydrogens is 218 g/mol. The summed E-state index contributed by atoms with van der Waals surface area (Å²) >= 11 is 0. The Bertz CT molecular complexity index is 360. The lowest BCUT2D eigenvalue weighted by Crippen LogP contribution is -2.31. The Hall–Kier alpha value is -1.56. The third-order valence-corrected chi connectivity index (χ3v) is 2.84. The van der Waals surface area contributed by atoms with Gasteiger partial charge in [-0.1, -0.05) is 12.1 Å². The van der Waals surface area contributed by atoms with Crippen molar-refractivity contribution in [2.24, 2.45) is 10.9 Å². The van der Waals surface area contributed by atoms with Gasteiger partial charge < -0.3 is 20.4 Å². The van der Waals surface area contributed by atoms with Gasteiger partial charge in [-0.15, -0.1) is 0 Å². The molecule has 3 N–H and O–H groups in total. The quantitative estimate of drug-likeness (QED) is 0.317. The van der Waals surface area contributed by atoms with Crippen molar-refractivity contribution < 1.29 is 5.21 Å². The number of nitrogens with two attached hydrogens (primary N) is 1. The summed E-state index contributed by atoms with van der Waals surface area (Å²) in [5.74, 6) is 1.31. The Morgan fingerprint density at radius 1 is 1.59 bits per heavy atom. The van der Waals surface area contributed by atoms with Crippen LogP contribution in [0.4, 0.5) is 0 Å². The molecule has 0 radical (unpaired) electrons. The second-order valence-corrected chi connectivity index (χ2v) is 3.94. The predicted octanol–water partition coefficient (Wildman–Crippen LogP) is 0.650. The molecule has 17 heavy (non-hydrogen) atoms. The van der Waals surface area contributed by atoms with E-state index in [1.54, 1.807) is 0 Å². The van der Waals surface area contributed by atoms with Gasteiger partial charge in [0, 0.05) is 38.4 Å². The number of aryl methyl sites for hydroxylation is 1. The van der Waals surface area contributed by atoms with Crippen molar-refractivity contribution >= 4 is 5.84 Å². The van der Waals surface area contributed by atoms with E-state index in [9.17, 15) is 0 Å². The Kier molecular flexibility index (Phi) is 5.48. The average Bonchev–Trinajstić information content (AvgIpc) is 2.75. The highest BCUT2D eigenvalue weighted by Crippen LogP contribution is 1.98. The molecule has 0 unspecified atom stereocenters. The molecule has 0 saturated heterocycles. The lowest BCUT2D eigenvalue weighted by atomic mass is 10.3. The van der Waals surface area contributed by atoms with E-state index in [-0.39, 0.29) is 5.84 Å². The van der Waals surface area contributed by atoms with Crippen molar-refractivity contribution in [3.63, 3.8) is 0 Å². The van der Waals surface area contributed by atoms with Gasteiger partial charge in [0.25, 0.3) is 0 Å². The molecule has 0 saturated carbocycles. The number of aromatic nitrogens is 2. The molecule has 0 aromatic carbocycles. The second kappa shape index (κ2) is 6.90. The number of amidine groups is 1. The Morgan fingerprint density at radius 3 is 2.88 bits per heavy atom. The standard InChI is InChI=1S/C11H21N5O/c1-3-15(6-4-11(12)14-17)8-9-16-7-5-13-10(16)2/h5,7,17H,3-4,6,8-9H2,1-2H3,(H2,12,14). The van der Waals surface area contributed by atoms with Crippen LogP contribution in [0, 0.1) is 6.92 Å². The maximum absolute atomic E-state index is 8.47. The van der Waals surface area contributed by atoms with Gasteiger partial charge in [-0.05, 0) is 13.5 Å². The summed E-state index contributed by atoms with van der Waals surface area (Å²) in [5.41, 5.74) is 5.45. The van der Waals surface area contributed by atoms with E-state index in [1.807, 2.05) is 19.3 Å². The number of rotatable bonds is 7. The van der Waals surface area contributed by atoms with E-state index in [2.05, 4.69) is 26.5 Å². The van der Waals surface area contributed by atoms with Crippen molar-refractivity contribution in [1.82, 2.24) is 14.5 Å². The van der Waals surface area contributed by atoms with Crippen molar-refractivity contribution in [3.8, 4) is 0 Å². The van der Waals surface area contributed by atoms with Crippen molar-refractivity contribution in [2.75, 3.05) is 19.6 Å². The van der Waals surface area contributed by atoms with Gasteiger partial charge in [-0.25, -0.2) is 4.98 Å². The SMILES string of the molecule is CCN(CCC(N)=NO)CCn1ccnc1C. The molecule has 1 aromatic heterocycles. The molecule has 0 amide bonds. The maximum Gasteiger partial charge on any atom is 0.140 e. The molecule has 0 aliphatic rings. The fourth-order valence-electron chi connectivity index (χ4n) is 1.64. The van der Waals surface area contributed by atoms with Gasteiger partial charge in [0.2, 0.25) is 0 Å². The predicted molar refractivity (Wildman–Crippen MR) is 67.1 cm³/mol. The van der Waals surface area contributed by atoms with Gasteiger partial charge in [-0.3, -0.25) is 0 Å². The van der Waals surface area contributed by atoms with Crippen LogP contribution in [-0.4, -0.2) is 45.1 Å². The van der Waals surface area contributed by atoms with Crippen LogP contribution in [0.5, 0.6) is 0 Å². The maximum atomic E-state index is 8.47. The molecule has 0 atom stereocenters. The molecule has 96 valence electrons. The first-order chi connectivity index (χ1) is 8.17. The van der Waals surface area contributed by atoms with E-state index in [0.717, 1.165) is 32.0 Å². The first kappa shape index (κ1) is 13.5. The largest absolute Gasteiger partial charge is 0.409 e. The topological polar surface area (TPSA) is 79.7 Å². The number of imidazole rings is 1. The fourth-order valence-corrected chi connectivity index (χ4v) is 1.64. The van der Waals surface area contributed by atoms with Gasteiger partial charge in [0.05, 0.1) is 0 Å². The molecule has 1 rings (SSSR count). The molecule has 0 bridgehead atoms. The minimum atomic E-state index is 0.280. The highest BCUT2D eigenvalue weighted by molar-refractivity contribution is 5.79. The zero-order valence-corrected chi connectivity index (χ0v) is 10.5. The normalized spacial score (nSPS) is 12.3. The molecule has 0 aliphatic carbocycles. The van der Waals surface area contributed by atoms with Crippen LogP contribution >= 0.6 is 0 Å². The van der Waals surface area contributed by atoms with E-state index in [1.165, 1.54) is 0 Å². The minimum absolute atomic E-state index is 0.280. The summed E-state index contributed by atoms with van der Waals surface area (Å²) in [6.07, 6.45) is 4.38. The minimum Gasteiger partial charge on any atom is -0.409 e. The Balaban J connectivity index is 2.35. The molecule has 0 fully saturated rings. The van der Waals surface area contributed by atoms with Gasteiger partial charge in [0.1, 0.15) is 11.7 Å². The lowest BCUT2D eigenvalue weighted by molar-refractivity contribution is 0.278. The van der Waals surface area contributed by atoms with Gasteiger partial charge in [-0.2, -0.15) is 0 Å². The molecule has 6 heteroatoms. The third kappa shape index (κ3) is 4.44. The smallest absolute Gasteiger partial charge is 0.140 e. The van der Waals surface area contributed by atoms with Crippen molar-refractivity contribution in [2.45, 2.75) is 26.8 Å². The van der Waals surface area contributed by atoms with Crippen molar-refractivity contribution in [1.29, 1.82) is 0 Å². The summed E-state index contributed by atoms with van der Waals surface area (Å²) in [4.78, 5) is 6.44. The zero-order valence-electron chi connectivity index (χ0n) is 10.5. The zero-order chi connectivity index (χ0) is 12.7. The molecular formula is C11H21N5O. The van der Waals surface area contributed by atoms with E-state index >= 15 is 0 Å². The summed E-state index contributed by atoms with van der Waals surface area (Å²) in [7, 11) is 0. The lowest BCUT2D eigenvalue weighted by Gasteiger charge is -2.20. The van der Waals surface area contributed by atoms with E-state index < -0.39 is 0 Å². The van der Waals surface area contributed by atoms with Crippen LogP contribution in [0.3, 0.4) is 0 Å². The molecule has 1 aromatic rings. The van der Waals surface area contributed by atoms with E-state index in [4.69, 9.17) is 10.9 Å². The Labute approximate surface area is 102 Å². The van der Waals surface area contributed by atoms with Crippen molar-refractivity contribution in [3.05, 3.63) is 18.2 Å².